The van der Waals surface area contributed by atoms with Gasteiger partial charge in [0, 0.05) is 18.2 Å². The molecular weight excluding hydrogens is 326 g/mol. The molecule has 134 valence electrons. The first-order valence-corrected chi connectivity index (χ1v) is 8.89. The first-order chi connectivity index (χ1) is 11.3. The van der Waals surface area contributed by atoms with Gasteiger partial charge in [-0.15, -0.1) is 0 Å². The lowest BCUT2D eigenvalue weighted by Gasteiger charge is -2.40. The Labute approximate surface area is 149 Å². The Bertz CT molecular complexity index is 556. The van der Waals surface area contributed by atoms with E-state index in [9.17, 15) is 4.79 Å². The van der Waals surface area contributed by atoms with Crippen molar-refractivity contribution in [3.8, 4) is 0 Å². The highest BCUT2D eigenvalue weighted by molar-refractivity contribution is 6.31. The van der Waals surface area contributed by atoms with Gasteiger partial charge in [0.25, 0.3) is 0 Å². The predicted octanol–water partition coefficient (Wildman–Crippen LogP) is 3.99. The molecule has 1 fully saturated rings. The van der Waals surface area contributed by atoms with E-state index in [-0.39, 0.29) is 17.5 Å². The summed E-state index contributed by atoms with van der Waals surface area (Å²) in [4.78, 5) is 12.2. The van der Waals surface area contributed by atoms with Crippen LogP contribution in [-0.2, 0) is 14.3 Å². The molecule has 2 rings (SSSR count). The van der Waals surface area contributed by atoms with E-state index in [1.165, 1.54) is 7.11 Å². The van der Waals surface area contributed by atoms with E-state index in [2.05, 4.69) is 26.1 Å². The van der Waals surface area contributed by atoms with Crippen molar-refractivity contribution in [3.05, 3.63) is 34.9 Å². The molecule has 0 spiro atoms. The molecule has 24 heavy (non-hydrogen) atoms. The van der Waals surface area contributed by atoms with Gasteiger partial charge >= 0.3 is 5.97 Å². The van der Waals surface area contributed by atoms with Crippen LogP contribution in [0.3, 0.4) is 0 Å². The van der Waals surface area contributed by atoms with Gasteiger partial charge in [-0.3, -0.25) is 0 Å². The van der Waals surface area contributed by atoms with Crippen molar-refractivity contribution in [2.75, 3.05) is 20.3 Å². The van der Waals surface area contributed by atoms with Crippen molar-refractivity contribution in [1.82, 2.24) is 5.32 Å². The van der Waals surface area contributed by atoms with Crippen LogP contribution in [0.2, 0.25) is 5.02 Å². The summed E-state index contributed by atoms with van der Waals surface area (Å²) < 4.78 is 11.0. The van der Waals surface area contributed by atoms with Crippen LogP contribution in [0, 0.1) is 11.3 Å². The van der Waals surface area contributed by atoms with Crippen molar-refractivity contribution in [2.24, 2.45) is 11.3 Å². The van der Waals surface area contributed by atoms with Gasteiger partial charge in [0.2, 0.25) is 0 Å². The quantitative estimate of drug-likeness (QED) is 0.813. The lowest BCUT2D eigenvalue weighted by atomic mass is 9.78. The molecule has 1 N–H and O–H groups in total. The van der Waals surface area contributed by atoms with Gasteiger partial charge in [-0.25, -0.2) is 4.79 Å². The second-order valence-corrected chi connectivity index (χ2v) is 7.85. The number of nitrogens with one attached hydrogen (secondary N) is 1. The number of ether oxygens (including phenoxy) is 2. The van der Waals surface area contributed by atoms with Crippen LogP contribution in [0.25, 0.3) is 0 Å². The Kier molecular flexibility index (Phi) is 6.67. The molecule has 0 aromatic heterocycles. The van der Waals surface area contributed by atoms with E-state index in [4.69, 9.17) is 21.1 Å². The number of carbonyl (C=O) groups excluding carboxylic acids is 1. The zero-order valence-corrected chi connectivity index (χ0v) is 15.7. The SMILES string of the molecule is COC(=O)C(NCC1CCCOC1C(C)(C)C)c1ccccc1Cl. The summed E-state index contributed by atoms with van der Waals surface area (Å²) >= 11 is 6.27. The minimum absolute atomic E-state index is 0.0674. The molecule has 0 saturated carbocycles. The van der Waals surface area contributed by atoms with Crippen molar-refractivity contribution in [2.45, 2.75) is 45.8 Å². The van der Waals surface area contributed by atoms with Crippen LogP contribution in [-0.4, -0.2) is 32.3 Å². The van der Waals surface area contributed by atoms with Gasteiger partial charge in [-0.2, -0.15) is 0 Å². The molecule has 4 nitrogen and oxygen atoms in total. The smallest absolute Gasteiger partial charge is 0.327 e. The number of hydrogen-bond donors (Lipinski definition) is 1. The zero-order valence-electron chi connectivity index (χ0n) is 15.0. The highest BCUT2D eigenvalue weighted by Gasteiger charge is 2.36. The topological polar surface area (TPSA) is 47.6 Å². The molecule has 1 saturated heterocycles. The maximum atomic E-state index is 12.2. The number of methoxy groups -OCH3 is 1. The van der Waals surface area contributed by atoms with Gasteiger partial charge in [0.05, 0.1) is 13.2 Å². The summed E-state index contributed by atoms with van der Waals surface area (Å²) in [6.07, 6.45) is 2.31. The normalized spacial score (nSPS) is 22.9. The van der Waals surface area contributed by atoms with E-state index < -0.39 is 6.04 Å². The van der Waals surface area contributed by atoms with Gasteiger partial charge in [0.15, 0.2) is 0 Å². The van der Waals surface area contributed by atoms with Gasteiger partial charge in [-0.05, 0) is 35.8 Å². The lowest BCUT2D eigenvalue weighted by molar-refractivity contribution is -0.143. The Hall–Kier alpha value is -1.10. The first-order valence-electron chi connectivity index (χ1n) is 8.52. The largest absolute Gasteiger partial charge is 0.468 e. The monoisotopic (exact) mass is 353 g/mol. The van der Waals surface area contributed by atoms with Crippen LogP contribution < -0.4 is 5.32 Å². The molecule has 0 radical (unpaired) electrons. The van der Waals surface area contributed by atoms with Gasteiger partial charge in [-0.1, -0.05) is 50.6 Å². The molecule has 0 amide bonds. The first kappa shape index (κ1) is 19.2. The molecule has 5 heteroatoms. The standard InChI is InChI=1S/C19H28ClNO3/c1-19(2,3)17-13(8-7-11-24-17)12-21-16(18(22)23-4)14-9-5-6-10-15(14)20/h5-6,9-10,13,16-17,21H,7-8,11-12H2,1-4H3. The summed E-state index contributed by atoms with van der Waals surface area (Å²) in [6, 6.07) is 6.81. The average molecular weight is 354 g/mol. The fraction of sp³-hybridized carbons (Fsp3) is 0.632. The van der Waals surface area contributed by atoms with Crippen molar-refractivity contribution < 1.29 is 14.3 Å². The fourth-order valence-electron chi connectivity index (χ4n) is 3.43. The van der Waals surface area contributed by atoms with Crippen LogP contribution in [0.15, 0.2) is 24.3 Å². The number of halogens is 1. The summed E-state index contributed by atoms with van der Waals surface area (Å²) in [6.45, 7) is 8.09. The Balaban J connectivity index is 2.13. The summed E-state index contributed by atoms with van der Waals surface area (Å²) in [5.74, 6) is 0.0283. The third kappa shape index (κ3) is 4.71. The minimum atomic E-state index is -0.564. The molecule has 3 unspecified atom stereocenters. The third-order valence-electron chi connectivity index (χ3n) is 4.54. The summed E-state index contributed by atoms with van der Waals surface area (Å²) in [5.41, 5.74) is 0.813. The molecule has 0 aliphatic carbocycles. The van der Waals surface area contributed by atoms with Gasteiger partial charge in [0.1, 0.15) is 6.04 Å². The van der Waals surface area contributed by atoms with Crippen molar-refractivity contribution >= 4 is 17.6 Å². The van der Waals surface area contributed by atoms with E-state index in [1.54, 1.807) is 6.07 Å². The van der Waals surface area contributed by atoms with E-state index in [0.29, 0.717) is 17.5 Å². The lowest BCUT2D eigenvalue weighted by Crippen LogP contribution is -2.45. The average Bonchev–Trinajstić information content (AvgIpc) is 2.55. The van der Waals surface area contributed by atoms with Gasteiger partial charge < -0.3 is 14.8 Å². The minimum Gasteiger partial charge on any atom is -0.468 e. The maximum Gasteiger partial charge on any atom is 0.327 e. The second-order valence-electron chi connectivity index (χ2n) is 7.45. The van der Waals surface area contributed by atoms with Crippen LogP contribution in [0.1, 0.15) is 45.2 Å². The van der Waals surface area contributed by atoms with Crippen LogP contribution >= 0.6 is 11.6 Å². The van der Waals surface area contributed by atoms with Crippen molar-refractivity contribution in [3.63, 3.8) is 0 Å². The molecule has 1 aromatic carbocycles. The number of rotatable bonds is 5. The molecule has 3 atom stereocenters. The van der Waals surface area contributed by atoms with Crippen LogP contribution in [0.4, 0.5) is 0 Å². The number of benzene rings is 1. The van der Waals surface area contributed by atoms with E-state index in [0.717, 1.165) is 25.0 Å². The van der Waals surface area contributed by atoms with Crippen LogP contribution in [0.5, 0.6) is 0 Å². The highest BCUT2D eigenvalue weighted by atomic mass is 35.5. The zero-order chi connectivity index (χ0) is 17.7. The van der Waals surface area contributed by atoms with E-state index >= 15 is 0 Å². The number of hydrogen-bond acceptors (Lipinski definition) is 4. The number of carbonyl (C=O) groups is 1. The highest BCUT2D eigenvalue weighted by Crippen LogP contribution is 2.34. The van der Waals surface area contributed by atoms with Crippen molar-refractivity contribution in [1.29, 1.82) is 0 Å². The molecule has 1 heterocycles. The molecule has 1 aliphatic heterocycles. The molecule has 1 aromatic rings. The maximum absolute atomic E-state index is 12.2. The van der Waals surface area contributed by atoms with E-state index in [1.807, 2.05) is 18.2 Å². The Morgan fingerprint density at radius 1 is 1.42 bits per heavy atom. The fourth-order valence-corrected chi connectivity index (χ4v) is 3.67. The Morgan fingerprint density at radius 2 is 2.12 bits per heavy atom. The molecular formula is C19H28ClNO3. The molecule has 1 aliphatic rings. The third-order valence-corrected chi connectivity index (χ3v) is 4.88. The summed E-state index contributed by atoms with van der Waals surface area (Å²) in [5, 5.41) is 3.92. The number of esters is 1. The predicted molar refractivity (Wildman–Crippen MR) is 96.1 cm³/mol. The second kappa shape index (κ2) is 8.32. The molecule has 0 bridgehead atoms. The summed E-state index contributed by atoms with van der Waals surface area (Å²) in [7, 11) is 1.40. The Morgan fingerprint density at radius 3 is 2.75 bits per heavy atom.